The van der Waals surface area contributed by atoms with Crippen molar-refractivity contribution in [3.8, 4) is 0 Å². The zero-order chi connectivity index (χ0) is 31.2. The standard InChI is InChI=1S/C35H69NO5S/c1-3-5-7-9-11-13-15-16-17-18-19-21-22-24-26-28-30-34(37)33(32-42(39,40)41)36-35(38)31-29-27-25-23-20-14-12-10-8-6-4-2/h28,30,33-34,37H,3-27,29,31-32H2,1-2H3,(H,36,38)(H,39,40,41)/b30-28+. The van der Waals surface area contributed by atoms with Crippen LogP contribution in [0.4, 0.5) is 0 Å². The molecule has 2 unspecified atom stereocenters. The van der Waals surface area contributed by atoms with Gasteiger partial charge >= 0.3 is 0 Å². The number of hydrogen-bond donors (Lipinski definition) is 3. The molecule has 3 N–H and O–H groups in total. The highest BCUT2D eigenvalue weighted by Crippen LogP contribution is 2.14. The van der Waals surface area contributed by atoms with Crippen molar-refractivity contribution in [3.63, 3.8) is 0 Å². The summed E-state index contributed by atoms with van der Waals surface area (Å²) in [4.78, 5) is 12.4. The zero-order valence-corrected chi connectivity index (χ0v) is 28.5. The zero-order valence-electron chi connectivity index (χ0n) is 27.6. The fraction of sp³-hybridized carbons (Fsp3) is 0.914. The Balaban J connectivity index is 3.97. The summed E-state index contributed by atoms with van der Waals surface area (Å²) in [5.74, 6) is -0.972. The van der Waals surface area contributed by atoms with Crippen molar-refractivity contribution in [1.82, 2.24) is 5.32 Å². The average Bonchev–Trinajstić information content (AvgIpc) is 2.94. The molecule has 0 spiro atoms. The number of carbonyl (C=O) groups is 1. The van der Waals surface area contributed by atoms with Crippen molar-refractivity contribution in [1.29, 1.82) is 0 Å². The Bertz CT molecular complexity index is 725. The van der Waals surface area contributed by atoms with Crippen LogP contribution in [0.2, 0.25) is 0 Å². The summed E-state index contributed by atoms with van der Waals surface area (Å²) in [6.07, 6.45) is 34.8. The van der Waals surface area contributed by atoms with E-state index < -0.39 is 28.0 Å². The van der Waals surface area contributed by atoms with Gasteiger partial charge in [-0.05, 0) is 19.3 Å². The Kier molecular flexibility index (Phi) is 29.5. The molecule has 0 fully saturated rings. The number of nitrogens with one attached hydrogen (secondary N) is 1. The van der Waals surface area contributed by atoms with Gasteiger partial charge in [0.15, 0.2) is 0 Å². The second-order valence-electron chi connectivity index (χ2n) is 12.5. The number of hydrogen-bond acceptors (Lipinski definition) is 4. The van der Waals surface area contributed by atoms with Gasteiger partial charge in [0.1, 0.15) is 0 Å². The third-order valence-corrected chi connectivity index (χ3v) is 8.99. The number of carbonyl (C=O) groups excluding carboxylic acids is 1. The van der Waals surface area contributed by atoms with Crippen molar-refractivity contribution in [2.45, 2.75) is 199 Å². The van der Waals surface area contributed by atoms with Gasteiger partial charge in [0, 0.05) is 6.42 Å². The van der Waals surface area contributed by atoms with Crippen LogP contribution in [-0.2, 0) is 14.9 Å². The second-order valence-corrected chi connectivity index (χ2v) is 14.0. The first-order valence-corrected chi connectivity index (χ1v) is 19.5. The topological polar surface area (TPSA) is 104 Å². The van der Waals surface area contributed by atoms with Crippen molar-refractivity contribution < 1.29 is 22.9 Å². The molecule has 42 heavy (non-hydrogen) atoms. The van der Waals surface area contributed by atoms with Crippen molar-refractivity contribution in [2.24, 2.45) is 0 Å². The van der Waals surface area contributed by atoms with E-state index in [2.05, 4.69) is 19.2 Å². The van der Waals surface area contributed by atoms with Crippen LogP contribution in [-0.4, -0.2) is 41.9 Å². The quantitative estimate of drug-likeness (QED) is 0.0397. The number of rotatable bonds is 32. The van der Waals surface area contributed by atoms with Crippen molar-refractivity contribution >= 4 is 16.0 Å². The van der Waals surface area contributed by atoms with E-state index in [0.29, 0.717) is 6.42 Å². The van der Waals surface area contributed by atoms with E-state index in [0.717, 1.165) is 38.5 Å². The van der Waals surface area contributed by atoms with E-state index >= 15 is 0 Å². The molecule has 7 heteroatoms. The fourth-order valence-electron chi connectivity index (χ4n) is 5.51. The van der Waals surface area contributed by atoms with Gasteiger partial charge in [-0.15, -0.1) is 0 Å². The van der Waals surface area contributed by atoms with Gasteiger partial charge in [-0.2, -0.15) is 8.42 Å². The van der Waals surface area contributed by atoms with Crippen LogP contribution in [0.3, 0.4) is 0 Å². The minimum absolute atomic E-state index is 0.279. The average molecular weight is 616 g/mol. The van der Waals surface area contributed by atoms with E-state index in [1.54, 1.807) is 6.08 Å². The molecule has 0 bridgehead atoms. The molecule has 0 aliphatic heterocycles. The molecular weight excluding hydrogens is 546 g/mol. The van der Waals surface area contributed by atoms with Crippen LogP contribution >= 0.6 is 0 Å². The van der Waals surface area contributed by atoms with Crippen molar-refractivity contribution in [2.75, 3.05) is 5.75 Å². The molecule has 0 rings (SSSR count). The molecule has 250 valence electrons. The first-order chi connectivity index (χ1) is 20.3. The number of aliphatic hydroxyl groups is 1. The maximum absolute atomic E-state index is 12.4. The van der Waals surface area contributed by atoms with Gasteiger partial charge in [-0.25, -0.2) is 0 Å². The van der Waals surface area contributed by atoms with E-state index in [1.165, 1.54) is 128 Å². The Morgan fingerprint density at radius 3 is 1.36 bits per heavy atom. The monoisotopic (exact) mass is 615 g/mol. The molecule has 0 aliphatic rings. The van der Waals surface area contributed by atoms with Gasteiger partial charge in [0.05, 0.1) is 17.9 Å². The molecule has 6 nitrogen and oxygen atoms in total. The van der Waals surface area contributed by atoms with E-state index in [-0.39, 0.29) is 5.91 Å². The predicted octanol–water partition coefficient (Wildman–Crippen LogP) is 9.85. The van der Waals surface area contributed by atoms with Crippen LogP contribution in [0, 0.1) is 0 Å². The molecule has 0 aliphatic carbocycles. The lowest BCUT2D eigenvalue weighted by atomic mass is 10.0. The largest absolute Gasteiger partial charge is 0.387 e. The Labute approximate surface area is 261 Å². The molecule has 2 atom stereocenters. The summed E-state index contributed by atoms with van der Waals surface area (Å²) in [6, 6.07) is -1.05. The lowest BCUT2D eigenvalue weighted by molar-refractivity contribution is -0.122. The van der Waals surface area contributed by atoms with Crippen LogP contribution < -0.4 is 5.32 Å². The Morgan fingerprint density at radius 2 is 0.976 bits per heavy atom. The highest BCUT2D eigenvalue weighted by molar-refractivity contribution is 7.85. The van der Waals surface area contributed by atoms with Crippen LogP contribution in [0.25, 0.3) is 0 Å². The smallest absolute Gasteiger partial charge is 0.267 e. The maximum atomic E-state index is 12.4. The van der Waals surface area contributed by atoms with Crippen LogP contribution in [0.15, 0.2) is 12.2 Å². The Morgan fingerprint density at radius 1 is 0.619 bits per heavy atom. The second kappa shape index (κ2) is 30.1. The van der Waals surface area contributed by atoms with E-state index in [1.807, 2.05) is 6.08 Å². The summed E-state index contributed by atoms with van der Waals surface area (Å²) in [7, 11) is -4.33. The number of aliphatic hydroxyl groups excluding tert-OH is 1. The van der Waals surface area contributed by atoms with Crippen LogP contribution in [0.5, 0.6) is 0 Å². The van der Waals surface area contributed by atoms with Crippen LogP contribution in [0.1, 0.15) is 187 Å². The molecule has 0 saturated carbocycles. The molecule has 0 aromatic carbocycles. The molecule has 1 amide bonds. The first kappa shape index (κ1) is 41.1. The third-order valence-electron chi connectivity index (χ3n) is 8.21. The predicted molar refractivity (Wildman–Crippen MR) is 180 cm³/mol. The molecular formula is C35H69NO5S. The number of unbranched alkanes of at least 4 members (excludes halogenated alkanes) is 24. The summed E-state index contributed by atoms with van der Waals surface area (Å²) in [5, 5.41) is 13.2. The normalized spacial score (nSPS) is 13.5. The van der Waals surface area contributed by atoms with Gasteiger partial charge in [-0.1, -0.05) is 174 Å². The maximum Gasteiger partial charge on any atom is 0.267 e. The summed E-state index contributed by atoms with van der Waals surface area (Å²) in [5.41, 5.74) is 0. The summed E-state index contributed by atoms with van der Waals surface area (Å²) in [6.45, 7) is 4.49. The first-order valence-electron chi connectivity index (χ1n) is 17.9. The molecule has 0 heterocycles. The van der Waals surface area contributed by atoms with Crippen molar-refractivity contribution in [3.05, 3.63) is 12.2 Å². The van der Waals surface area contributed by atoms with Gasteiger partial charge in [-0.3, -0.25) is 9.35 Å². The Hall–Kier alpha value is -0.920. The highest BCUT2D eigenvalue weighted by Gasteiger charge is 2.24. The molecule has 0 aromatic heterocycles. The lowest BCUT2D eigenvalue weighted by Gasteiger charge is -2.21. The van der Waals surface area contributed by atoms with Gasteiger partial charge in [0.2, 0.25) is 5.91 Å². The fourth-order valence-corrected chi connectivity index (χ4v) is 6.24. The SMILES string of the molecule is CCCCCCCCCCCCCCCC/C=C/C(O)C(CS(=O)(=O)O)NC(=O)CCCCCCCCCCCCC. The minimum atomic E-state index is -4.33. The van der Waals surface area contributed by atoms with Gasteiger partial charge in [0.25, 0.3) is 10.1 Å². The highest BCUT2D eigenvalue weighted by atomic mass is 32.2. The lowest BCUT2D eigenvalue weighted by Crippen LogP contribution is -2.46. The number of allylic oxidation sites excluding steroid dienone is 1. The van der Waals surface area contributed by atoms with E-state index in [9.17, 15) is 22.9 Å². The number of amides is 1. The molecule has 0 radical (unpaired) electrons. The third kappa shape index (κ3) is 30.5. The van der Waals surface area contributed by atoms with E-state index in [4.69, 9.17) is 0 Å². The molecule has 0 aromatic rings. The minimum Gasteiger partial charge on any atom is -0.387 e. The molecule has 0 saturated heterocycles. The van der Waals surface area contributed by atoms with Gasteiger partial charge < -0.3 is 10.4 Å². The summed E-state index contributed by atoms with van der Waals surface area (Å²) < 4.78 is 32.3. The summed E-state index contributed by atoms with van der Waals surface area (Å²) >= 11 is 0.